The van der Waals surface area contributed by atoms with E-state index in [0.717, 1.165) is 25.5 Å². The fourth-order valence-corrected chi connectivity index (χ4v) is 3.41. The smallest absolute Gasteiger partial charge is 0.257 e. The number of hydrogen-bond donors (Lipinski definition) is 3. The number of sulfonamides is 1. The van der Waals surface area contributed by atoms with Gasteiger partial charge >= 0.3 is 0 Å². The Kier molecular flexibility index (Phi) is 7.78. The molecule has 7 nitrogen and oxygen atoms in total. The second kappa shape index (κ2) is 10.1. The molecule has 0 unspecified atom stereocenters. The molecular formula is C21H27N3O4S. The summed E-state index contributed by atoms with van der Waals surface area (Å²) in [5.74, 6) is -0.777. The van der Waals surface area contributed by atoms with Crippen molar-refractivity contribution in [3.63, 3.8) is 0 Å². The molecule has 0 bridgehead atoms. The second-order valence-electron chi connectivity index (χ2n) is 6.92. The van der Waals surface area contributed by atoms with Crippen LogP contribution in [0.5, 0.6) is 0 Å². The van der Waals surface area contributed by atoms with Gasteiger partial charge in [-0.2, -0.15) is 0 Å². The van der Waals surface area contributed by atoms with E-state index in [0.29, 0.717) is 11.4 Å². The molecule has 0 heterocycles. The lowest BCUT2D eigenvalue weighted by atomic mass is 10.1. The molecule has 0 aliphatic heterocycles. The summed E-state index contributed by atoms with van der Waals surface area (Å²) in [6.07, 6.45) is 5.46. The molecule has 2 aromatic rings. The van der Waals surface area contributed by atoms with Crippen molar-refractivity contribution in [3.8, 4) is 0 Å². The Bertz CT molecular complexity index is 970. The van der Waals surface area contributed by atoms with Crippen LogP contribution in [0.3, 0.4) is 0 Å². The van der Waals surface area contributed by atoms with Crippen LogP contribution in [-0.4, -0.2) is 26.5 Å². The van der Waals surface area contributed by atoms with Crippen molar-refractivity contribution in [3.05, 3.63) is 53.6 Å². The van der Waals surface area contributed by atoms with E-state index in [2.05, 4.69) is 22.3 Å². The van der Waals surface area contributed by atoms with Crippen LogP contribution in [0.1, 0.15) is 49.0 Å². The normalized spacial score (nSPS) is 11.0. The number of anilines is 3. The maximum atomic E-state index is 12.8. The largest absolute Gasteiger partial charge is 0.326 e. The van der Waals surface area contributed by atoms with E-state index in [1.807, 2.05) is 24.3 Å². The topological polar surface area (TPSA) is 104 Å². The van der Waals surface area contributed by atoms with Crippen LogP contribution in [0.25, 0.3) is 0 Å². The zero-order chi connectivity index (χ0) is 21.4. The Morgan fingerprint density at radius 2 is 1.59 bits per heavy atom. The summed E-state index contributed by atoms with van der Waals surface area (Å²) in [6.45, 7) is 3.51. The summed E-state index contributed by atoms with van der Waals surface area (Å²) in [6, 6.07) is 12.0. The fourth-order valence-electron chi connectivity index (χ4n) is 2.83. The van der Waals surface area contributed by atoms with Gasteiger partial charge in [0.05, 0.1) is 17.5 Å². The number of nitrogens with one attached hydrogen (secondary N) is 3. The van der Waals surface area contributed by atoms with Gasteiger partial charge in [-0.15, -0.1) is 0 Å². The van der Waals surface area contributed by atoms with E-state index in [4.69, 9.17) is 0 Å². The van der Waals surface area contributed by atoms with Crippen molar-refractivity contribution in [2.45, 2.75) is 39.5 Å². The van der Waals surface area contributed by atoms with Gasteiger partial charge < -0.3 is 10.6 Å². The molecule has 0 saturated carbocycles. The summed E-state index contributed by atoms with van der Waals surface area (Å²) in [7, 11) is -3.58. The van der Waals surface area contributed by atoms with E-state index in [1.54, 1.807) is 0 Å². The SMILES string of the molecule is CCCCCc1ccc(NC(=O)c2cc(NC(C)=O)ccc2NS(C)(=O)=O)cc1. The molecule has 0 aliphatic carbocycles. The number of hydrogen-bond acceptors (Lipinski definition) is 4. The maximum Gasteiger partial charge on any atom is 0.257 e. The van der Waals surface area contributed by atoms with Gasteiger partial charge in [0.1, 0.15) is 0 Å². The highest BCUT2D eigenvalue weighted by molar-refractivity contribution is 7.92. The van der Waals surface area contributed by atoms with Gasteiger partial charge in [-0.25, -0.2) is 8.42 Å². The Hall–Kier alpha value is -2.87. The fraction of sp³-hybridized carbons (Fsp3) is 0.333. The van der Waals surface area contributed by atoms with Gasteiger partial charge in [-0.1, -0.05) is 31.9 Å². The summed E-state index contributed by atoms with van der Waals surface area (Å²) >= 11 is 0. The number of unbranched alkanes of at least 4 members (excludes halogenated alkanes) is 2. The van der Waals surface area contributed by atoms with Crippen LogP contribution < -0.4 is 15.4 Å². The van der Waals surface area contributed by atoms with Gasteiger partial charge in [0.25, 0.3) is 5.91 Å². The van der Waals surface area contributed by atoms with Gasteiger partial charge in [0.15, 0.2) is 0 Å². The third kappa shape index (κ3) is 7.57. The molecule has 2 rings (SSSR count). The molecule has 0 fully saturated rings. The summed E-state index contributed by atoms with van der Waals surface area (Å²) in [5, 5.41) is 5.36. The molecule has 0 aliphatic rings. The van der Waals surface area contributed by atoms with Gasteiger partial charge in [0.2, 0.25) is 15.9 Å². The number of amides is 2. The van der Waals surface area contributed by atoms with Crippen LogP contribution in [0.15, 0.2) is 42.5 Å². The first-order valence-corrected chi connectivity index (χ1v) is 11.4. The third-order valence-electron chi connectivity index (χ3n) is 4.16. The van der Waals surface area contributed by atoms with E-state index in [9.17, 15) is 18.0 Å². The standard InChI is InChI=1S/C21H27N3O4S/c1-4-5-6-7-16-8-10-17(11-9-16)23-21(26)19-14-18(22-15(2)25)12-13-20(19)24-29(3,27)28/h8-14,24H,4-7H2,1-3H3,(H,22,25)(H,23,26). The zero-order valence-corrected chi connectivity index (χ0v) is 17.7. The van der Waals surface area contributed by atoms with Gasteiger partial charge in [0, 0.05) is 18.3 Å². The molecule has 8 heteroatoms. The molecule has 0 atom stereocenters. The van der Waals surface area contributed by atoms with Crippen LogP contribution in [0, 0.1) is 0 Å². The number of carbonyl (C=O) groups is 2. The molecule has 0 aromatic heterocycles. The van der Waals surface area contributed by atoms with Crippen LogP contribution in [0.2, 0.25) is 0 Å². The molecule has 2 amide bonds. The summed E-state index contributed by atoms with van der Waals surface area (Å²) < 4.78 is 25.6. The maximum absolute atomic E-state index is 12.8. The Morgan fingerprint density at radius 3 is 2.17 bits per heavy atom. The predicted octanol–water partition coefficient (Wildman–Crippen LogP) is 4.00. The average molecular weight is 418 g/mol. The number of carbonyl (C=O) groups excluding carboxylic acids is 2. The lowest BCUT2D eigenvalue weighted by Crippen LogP contribution is -2.18. The predicted molar refractivity (Wildman–Crippen MR) is 117 cm³/mol. The summed E-state index contributed by atoms with van der Waals surface area (Å²) in [5.41, 5.74) is 2.44. The molecule has 0 spiro atoms. The monoisotopic (exact) mass is 417 g/mol. The first-order chi connectivity index (χ1) is 13.7. The molecule has 29 heavy (non-hydrogen) atoms. The van der Waals surface area contributed by atoms with E-state index in [1.165, 1.54) is 37.1 Å². The van der Waals surface area contributed by atoms with Gasteiger partial charge in [-0.3, -0.25) is 14.3 Å². The molecule has 3 N–H and O–H groups in total. The zero-order valence-electron chi connectivity index (χ0n) is 16.9. The lowest BCUT2D eigenvalue weighted by Gasteiger charge is -2.13. The van der Waals surface area contributed by atoms with E-state index in [-0.39, 0.29) is 17.2 Å². The van der Waals surface area contributed by atoms with Gasteiger partial charge in [-0.05, 0) is 48.7 Å². The van der Waals surface area contributed by atoms with Crippen molar-refractivity contribution in [1.82, 2.24) is 0 Å². The minimum absolute atomic E-state index is 0.105. The van der Waals surface area contributed by atoms with Crippen molar-refractivity contribution in [1.29, 1.82) is 0 Å². The Balaban J connectivity index is 2.21. The highest BCUT2D eigenvalue weighted by atomic mass is 32.2. The molecule has 2 aromatic carbocycles. The summed E-state index contributed by atoms with van der Waals surface area (Å²) in [4.78, 5) is 24.1. The Morgan fingerprint density at radius 1 is 0.931 bits per heavy atom. The highest BCUT2D eigenvalue weighted by Crippen LogP contribution is 2.23. The van der Waals surface area contributed by atoms with Crippen molar-refractivity contribution >= 4 is 38.9 Å². The number of benzene rings is 2. The van der Waals surface area contributed by atoms with E-state index < -0.39 is 15.9 Å². The molecule has 156 valence electrons. The third-order valence-corrected chi connectivity index (χ3v) is 4.75. The molecular weight excluding hydrogens is 390 g/mol. The number of rotatable bonds is 9. The molecule has 0 radical (unpaired) electrons. The average Bonchev–Trinajstić information content (AvgIpc) is 2.63. The van der Waals surface area contributed by atoms with Crippen molar-refractivity contribution in [2.75, 3.05) is 21.6 Å². The second-order valence-corrected chi connectivity index (χ2v) is 8.67. The Labute approximate surface area is 172 Å². The number of aryl methyl sites for hydroxylation is 1. The minimum atomic E-state index is -3.58. The van der Waals surface area contributed by atoms with Crippen LogP contribution in [0.4, 0.5) is 17.1 Å². The van der Waals surface area contributed by atoms with Crippen LogP contribution >= 0.6 is 0 Å². The van der Waals surface area contributed by atoms with Crippen LogP contribution in [-0.2, 0) is 21.2 Å². The lowest BCUT2D eigenvalue weighted by molar-refractivity contribution is -0.114. The van der Waals surface area contributed by atoms with E-state index >= 15 is 0 Å². The van der Waals surface area contributed by atoms with Crippen molar-refractivity contribution in [2.24, 2.45) is 0 Å². The van der Waals surface area contributed by atoms with Crippen molar-refractivity contribution < 1.29 is 18.0 Å². The first-order valence-electron chi connectivity index (χ1n) is 9.47. The molecule has 0 saturated heterocycles. The first kappa shape index (κ1) is 22.4. The quantitative estimate of drug-likeness (QED) is 0.536. The minimum Gasteiger partial charge on any atom is -0.326 e. The highest BCUT2D eigenvalue weighted by Gasteiger charge is 2.16.